The standard InChI is InChI=1S/C18H20ClN3O3/c1-12-4-5-13(9-15(12)19)18(25)21-8-2-3-14(10-21)16-6-7-20-22(16)11-17(23)24/h4-7,9,14H,2-3,8,10-11H2,1H3,(H,23,24)/t14-/m0/s1. The zero-order valence-electron chi connectivity index (χ0n) is 14.0. The van der Waals surface area contributed by atoms with Gasteiger partial charge in [-0.05, 0) is 43.5 Å². The Morgan fingerprint density at radius 2 is 2.16 bits per heavy atom. The maximum atomic E-state index is 12.8. The van der Waals surface area contributed by atoms with Gasteiger partial charge in [0.2, 0.25) is 0 Å². The van der Waals surface area contributed by atoms with Crippen LogP contribution in [0.3, 0.4) is 0 Å². The van der Waals surface area contributed by atoms with E-state index >= 15 is 0 Å². The van der Waals surface area contributed by atoms with E-state index in [9.17, 15) is 9.59 Å². The zero-order chi connectivity index (χ0) is 18.0. The Kier molecular flexibility index (Phi) is 5.08. The third kappa shape index (κ3) is 3.85. The van der Waals surface area contributed by atoms with E-state index in [2.05, 4.69) is 5.10 Å². The molecule has 2 aromatic rings. The van der Waals surface area contributed by atoms with Crippen molar-refractivity contribution in [2.24, 2.45) is 0 Å². The van der Waals surface area contributed by atoms with E-state index in [1.54, 1.807) is 18.3 Å². The summed E-state index contributed by atoms with van der Waals surface area (Å²) in [5.74, 6) is -0.889. The largest absolute Gasteiger partial charge is 0.480 e. The minimum absolute atomic E-state index is 0.0455. The molecule has 7 heteroatoms. The van der Waals surface area contributed by atoms with Crippen LogP contribution in [-0.4, -0.2) is 44.8 Å². The number of piperidine rings is 1. The van der Waals surface area contributed by atoms with Gasteiger partial charge in [0.25, 0.3) is 5.91 Å². The van der Waals surface area contributed by atoms with Gasteiger partial charge in [-0.3, -0.25) is 14.3 Å². The van der Waals surface area contributed by atoms with E-state index in [4.69, 9.17) is 16.7 Å². The van der Waals surface area contributed by atoms with Crippen molar-refractivity contribution in [3.05, 3.63) is 52.3 Å². The van der Waals surface area contributed by atoms with Crippen molar-refractivity contribution in [1.29, 1.82) is 0 Å². The first-order valence-corrected chi connectivity index (χ1v) is 8.62. The van der Waals surface area contributed by atoms with Gasteiger partial charge >= 0.3 is 5.97 Å². The highest BCUT2D eigenvalue weighted by molar-refractivity contribution is 6.31. The highest BCUT2D eigenvalue weighted by Crippen LogP contribution is 2.28. The number of carbonyl (C=O) groups is 2. The van der Waals surface area contributed by atoms with Crippen molar-refractivity contribution in [2.75, 3.05) is 13.1 Å². The number of nitrogens with zero attached hydrogens (tertiary/aromatic N) is 3. The van der Waals surface area contributed by atoms with Gasteiger partial charge in [-0.2, -0.15) is 5.10 Å². The van der Waals surface area contributed by atoms with Gasteiger partial charge in [0.05, 0.1) is 0 Å². The molecule has 1 N–H and O–H groups in total. The average molecular weight is 362 g/mol. The number of rotatable bonds is 4. The van der Waals surface area contributed by atoms with Gasteiger partial charge in [0.1, 0.15) is 6.54 Å². The van der Waals surface area contributed by atoms with Crippen LogP contribution in [0.2, 0.25) is 5.02 Å². The fraction of sp³-hybridized carbons (Fsp3) is 0.389. The van der Waals surface area contributed by atoms with Crippen molar-refractivity contribution >= 4 is 23.5 Å². The van der Waals surface area contributed by atoms with Gasteiger partial charge < -0.3 is 10.0 Å². The Labute approximate surface area is 151 Å². The third-order valence-corrected chi connectivity index (χ3v) is 4.99. The number of hydrogen-bond acceptors (Lipinski definition) is 3. The molecule has 3 rings (SSSR count). The number of halogens is 1. The molecular weight excluding hydrogens is 342 g/mol. The van der Waals surface area contributed by atoms with Gasteiger partial charge in [0.15, 0.2) is 0 Å². The molecule has 132 valence electrons. The van der Waals surface area contributed by atoms with E-state index in [1.165, 1.54) is 4.68 Å². The lowest BCUT2D eigenvalue weighted by atomic mass is 9.94. The summed E-state index contributed by atoms with van der Waals surface area (Å²) in [7, 11) is 0. The molecule has 0 radical (unpaired) electrons. The first-order valence-electron chi connectivity index (χ1n) is 8.24. The van der Waals surface area contributed by atoms with Gasteiger partial charge in [-0.25, -0.2) is 0 Å². The number of aromatic nitrogens is 2. The van der Waals surface area contributed by atoms with Crippen molar-refractivity contribution in [1.82, 2.24) is 14.7 Å². The highest BCUT2D eigenvalue weighted by atomic mass is 35.5. The molecule has 0 bridgehead atoms. The van der Waals surface area contributed by atoms with Gasteiger partial charge in [-0.1, -0.05) is 17.7 Å². The van der Waals surface area contributed by atoms with Crippen molar-refractivity contribution in [2.45, 2.75) is 32.2 Å². The van der Waals surface area contributed by atoms with Crippen molar-refractivity contribution in [3.8, 4) is 0 Å². The second kappa shape index (κ2) is 7.27. The number of likely N-dealkylation sites (tertiary alicyclic amines) is 1. The van der Waals surface area contributed by atoms with E-state index in [0.29, 0.717) is 23.7 Å². The van der Waals surface area contributed by atoms with Crippen LogP contribution in [0.1, 0.15) is 40.4 Å². The molecule has 1 fully saturated rings. The van der Waals surface area contributed by atoms with Crippen LogP contribution in [0.25, 0.3) is 0 Å². The Hall–Kier alpha value is -2.34. The number of aryl methyl sites for hydroxylation is 1. The Morgan fingerprint density at radius 3 is 2.88 bits per heavy atom. The molecule has 2 heterocycles. The lowest BCUT2D eigenvalue weighted by Gasteiger charge is -2.33. The van der Waals surface area contributed by atoms with E-state index < -0.39 is 5.97 Å². The van der Waals surface area contributed by atoms with E-state index in [-0.39, 0.29) is 18.4 Å². The number of benzene rings is 1. The highest BCUT2D eigenvalue weighted by Gasteiger charge is 2.28. The summed E-state index contributed by atoms with van der Waals surface area (Å²) < 4.78 is 1.50. The van der Waals surface area contributed by atoms with Gasteiger partial charge in [0, 0.05) is 41.5 Å². The molecule has 1 atom stereocenters. The molecule has 1 aliphatic rings. The number of carboxylic acids is 1. The van der Waals surface area contributed by atoms with Crippen LogP contribution in [0.15, 0.2) is 30.5 Å². The second-order valence-electron chi connectivity index (χ2n) is 6.36. The molecule has 1 saturated heterocycles. The molecule has 0 aliphatic carbocycles. The quantitative estimate of drug-likeness (QED) is 0.908. The van der Waals surface area contributed by atoms with Crippen LogP contribution in [-0.2, 0) is 11.3 Å². The summed E-state index contributed by atoms with van der Waals surface area (Å²) in [6.45, 7) is 2.97. The molecule has 6 nitrogen and oxygen atoms in total. The van der Waals surface area contributed by atoms with E-state index in [1.807, 2.05) is 24.0 Å². The minimum Gasteiger partial charge on any atom is -0.480 e. The summed E-state index contributed by atoms with van der Waals surface area (Å²) in [6, 6.07) is 7.18. The number of carboxylic acid groups (broad SMARTS) is 1. The third-order valence-electron chi connectivity index (χ3n) is 4.58. The number of carbonyl (C=O) groups excluding carboxylic acids is 1. The molecule has 0 saturated carbocycles. The smallest absolute Gasteiger partial charge is 0.325 e. The van der Waals surface area contributed by atoms with Crippen LogP contribution in [0, 0.1) is 6.92 Å². The number of amides is 1. The maximum Gasteiger partial charge on any atom is 0.325 e. The van der Waals surface area contributed by atoms with Crippen LogP contribution < -0.4 is 0 Å². The predicted molar refractivity (Wildman–Crippen MR) is 93.9 cm³/mol. The predicted octanol–water partition coefficient (Wildman–Crippen LogP) is 2.95. The summed E-state index contributed by atoms with van der Waals surface area (Å²) in [5.41, 5.74) is 2.38. The Bertz CT molecular complexity index is 803. The molecule has 0 spiro atoms. The normalized spacial score (nSPS) is 17.5. The lowest BCUT2D eigenvalue weighted by Crippen LogP contribution is -2.39. The topological polar surface area (TPSA) is 75.4 Å². The molecule has 0 unspecified atom stereocenters. The van der Waals surface area contributed by atoms with Crippen molar-refractivity contribution < 1.29 is 14.7 Å². The fourth-order valence-corrected chi connectivity index (χ4v) is 3.44. The second-order valence-corrected chi connectivity index (χ2v) is 6.77. The Morgan fingerprint density at radius 1 is 1.36 bits per heavy atom. The first kappa shape index (κ1) is 17.5. The molecular formula is C18H20ClN3O3. The molecule has 1 aliphatic heterocycles. The fourth-order valence-electron chi connectivity index (χ4n) is 3.26. The van der Waals surface area contributed by atoms with E-state index in [0.717, 1.165) is 24.1 Å². The number of hydrogen-bond donors (Lipinski definition) is 1. The summed E-state index contributed by atoms with van der Waals surface area (Å²) >= 11 is 6.14. The van der Waals surface area contributed by atoms with Gasteiger partial charge in [-0.15, -0.1) is 0 Å². The average Bonchev–Trinajstić information content (AvgIpc) is 3.04. The lowest BCUT2D eigenvalue weighted by molar-refractivity contribution is -0.137. The Balaban J connectivity index is 1.77. The van der Waals surface area contributed by atoms with Crippen molar-refractivity contribution in [3.63, 3.8) is 0 Å². The first-order chi connectivity index (χ1) is 12.0. The monoisotopic (exact) mass is 361 g/mol. The molecule has 1 aromatic carbocycles. The molecule has 1 aromatic heterocycles. The maximum absolute atomic E-state index is 12.8. The molecule has 1 amide bonds. The minimum atomic E-state index is -0.928. The SMILES string of the molecule is Cc1ccc(C(=O)N2CCC[C@H](c3ccnn3CC(=O)O)C2)cc1Cl. The van der Waals surface area contributed by atoms with Crippen LogP contribution in [0.5, 0.6) is 0 Å². The number of aliphatic carboxylic acids is 1. The summed E-state index contributed by atoms with van der Waals surface area (Å²) in [4.78, 5) is 25.6. The summed E-state index contributed by atoms with van der Waals surface area (Å²) in [6.07, 6.45) is 3.39. The van der Waals surface area contributed by atoms with Crippen LogP contribution in [0.4, 0.5) is 0 Å². The van der Waals surface area contributed by atoms with Crippen LogP contribution >= 0.6 is 11.6 Å². The molecule has 25 heavy (non-hydrogen) atoms. The zero-order valence-corrected chi connectivity index (χ0v) is 14.7. The summed E-state index contributed by atoms with van der Waals surface area (Å²) in [5, 5.41) is 13.7.